The van der Waals surface area contributed by atoms with E-state index in [0.717, 1.165) is 11.4 Å². The van der Waals surface area contributed by atoms with E-state index in [4.69, 9.17) is 5.73 Å². The molecule has 0 aromatic carbocycles. The topological polar surface area (TPSA) is 38.9 Å². The molecule has 0 aliphatic rings. The van der Waals surface area contributed by atoms with Gasteiger partial charge in [-0.05, 0) is 32.9 Å². The first-order valence-electron chi connectivity index (χ1n) is 3.73. The van der Waals surface area contributed by atoms with Crippen molar-refractivity contribution in [2.24, 2.45) is 5.73 Å². The van der Waals surface area contributed by atoms with E-state index in [1.54, 1.807) is 0 Å². The minimum Gasteiger partial charge on any atom is -0.321 e. The number of halogens is 2. The monoisotopic (exact) mass is 222 g/mol. The zero-order valence-corrected chi connectivity index (χ0v) is 9.71. The van der Waals surface area contributed by atoms with Crippen molar-refractivity contribution in [3.63, 3.8) is 0 Å². The molecule has 0 aliphatic heterocycles. The lowest BCUT2D eigenvalue weighted by Crippen LogP contribution is -2.29. The number of rotatable bonds is 1. The van der Waals surface area contributed by atoms with Crippen LogP contribution in [0.2, 0.25) is 0 Å². The van der Waals surface area contributed by atoms with E-state index < -0.39 is 0 Å². The molecule has 0 radical (unpaired) electrons. The van der Waals surface area contributed by atoms with Crippen molar-refractivity contribution in [3.8, 4) is 0 Å². The molecule has 0 atom stereocenters. The number of nitrogens with two attached hydrogens (primary N) is 1. The maximum absolute atomic E-state index is 5.86. The van der Waals surface area contributed by atoms with Gasteiger partial charge < -0.3 is 5.73 Å². The van der Waals surface area contributed by atoms with Crippen LogP contribution in [0.3, 0.4) is 0 Å². The van der Waals surface area contributed by atoms with Crippen molar-refractivity contribution >= 4 is 24.8 Å². The Balaban J connectivity index is 0. The van der Waals surface area contributed by atoms with Crippen LogP contribution in [0, 0.1) is 6.92 Å². The summed E-state index contributed by atoms with van der Waals surface area (Å²) in [6.45, 7) is 5.87. The van der Waals surface area contributed by atoms with Crippen molar-refractivity contribution in [2.75, 3.05) is 0 Å². The molecule has 0 amide bonds. The van der Waals surface area contributed by atoms with E-state index in [-0.39, 0.29) is 30.4 Å². The van der Waals surface area contributed by atoms with Gasteiger partial charge in [0.25, 0.3) is 0 Å². The Morgan fingerprint density at radius 2 is 1.77 bits per heavy atom. The molecule has 1 aromatic heterocycles. The number of nitrogens with zero attached hydrogens (tertiary/aromatic N) is 1. The molecule has 76 valence electrons. The third kappa shape index (κ3) is 4.46. The summed E-state index contributed by atoms with van der Waals surface area (Å²) in [5.41, 5.74) is 7.49. The van der Waals surface area contributed by atoms with E-state index in [9.17, 15) is 0 Å². The van der Waals surface area contributed by atoms with E-state index in [2.05, 4.69) is 4.98 Å². The van der Waals surface area contributed by atoms with Gasteiger partial charge in [0.05, 0.1) is 11.2 Å². The molecule has 2 nitrogen and oxygen atoms in total. The summed E-state index contributed by atoms with van der Waals surface area (Å²) in [7, 11) is 0. The highest BCUT2D eigenvalue weighted by Gasteiger charge is 2.14. The van der Waals surface area contributed by atoms with Gasteiger partial charge in [0.2, 0.25) is 0 Å². The first-order chi connectivity index (χ1) is 5.00. The molecular weight excluding hydrogens is 207 g/mol. The Morgan fingerprint density at radius 1 is 1.23 bits per heavy atom. The summed E-state index contributed by atoms with van der Waals surface area (Å²) in [5, 5.41) is 0. The molecule has 0 aliphatic carbocycles. The van der Waals surface area contributed by atoms with Crippen molar-refractivity contribution < 1.29 is 0 Å². The number of aryl methyl sites for hydroxylation is 1. The maximum Gasteiger partial charge on any atom is 0.0599 e. The second-order valence-corrected chi connectivity index (χ2v) is 3.39. The molecule has 0 spiro atoms. The second-order valence-electron chi connectivity index (χ2n) is 3.39. The Labute approximate surface area is 91.8 Å². The third-order valence-corrected chi connectivity index (χ3v) is 1.55. The fourth-order valence-electron chi connectivity index (χ4n) is 0.902. The first-order valence-corrected chi connectivity index (χ1v) is 3.73. The minimum atomic E-state index is -0.327. The lowest BCUT2D eigenvalue weighted by Gasteiger charge is -2.17. The third-order valence-electron chi connectivity index (χ3n) is 1.55. The average Bonchev–Trinajstić information content (AvgIpc) is 1.86. The second kappa shape index (κ2) is 5.43. The van der Waals surface area contributed by atoms with Crippen LogP contribution in [-0.4, -0.2) is 4.98 Å². The van der Waals surface area contributed by atoms with Crippen LogP contribution in [-0.2, 0) is 5.54 Å². The van der Waals surface area contributed by atoms with Crippen molar-refractivity contribution in [3.05, 3.63) is 29.6 Å². The summed E-state index contributed by atoms with van der Waals surface area (Å²) in [5.74, 6) is 0. The molecule has 1 heterocycles. The number of hydrogen-bond acceptors (Lipinski definition) is 2. The predicted molar refractivity (Wildman–Crippen MR) is 60.7 cm³/mol. The molecule has 1 aromatic rings. The number of aromatic nitrogens is 1. The molecule has 0 saturated heterocycles. The Morgan fingerprint density at radius 3 is 2.08 bits per heavy atom. The van der Waals surface area contributed by atoms with Gasteiger partial charge in [-0.1, -0.05) is 6.07 Å². The van der Waals surface area contributed by atoms with Crippen LogP contribution in [0.1, 0.15) is 25.2 Å². The fourth-order valence-corrected chi connectivity index (χ4v) is 0.902. The van der Waals surface area contributed by atoms with E-state index in [1.165, 1.54) is 0 Å². The SMILES string of the molecule is Cc1cccc(C(C)(C)N)n1.Cl.Cl. The van der Waals surface area contributed by atoms with Crippen molar-refractivity contribution in [2.45, 2.75) is 26.3 Å². The Hall–Kier alpha value is -0.310. The van der Waals surface area contributed by atoms with Crippen molar-refractivity contribution in [1.29, 1.82) is 0 Å². The van der Waals surface area contributed by atoms with E-state index >= 15 is 0 Å². The van der Waals surface area contributed by atoms with Crippen molar-refractivity contribution in [1.82, 2.24) is 4.98 Å². The largest absolute Gasteiger partial charge is 0.321 e. The summed E-state index contributed by atoms with van der Waals surface area (Å²) >= 11 is 0. The summed E-state index contributed by atoms with van der Waals surface area (Å²) in [4.78, 5) is 4.32. The highest BCUT2D eigenvalue weighted by molar-refractivity contribution is 5.85. The molecule has 4 heteroatoms. The van der Waals surface area contributed by atoms with Gasteiger partial charge in [-0.3, -0.25) is 4.98 Å². The van der Waals surface area contributed by atoms with Crippen LogP contribution < -0.4 is 5.73 Å². The van der Waals surface area contributed by atoms with Crippen LogP contribution >= 0.6 is 24.8 Å². The summed E-state index contributed by atoms with van der Waals surface area (Å²) < 4.78 is 0. The smallest absolute Gasteiger partial charge is 0.0599 e. The van der Waals surface area contributed by atoms with Gasteiger partial charge in [-0.25, -0.2) is 0 Å². The van der Waals surface area contributed by atoms with Gasteiger partial charge in [-0.15, -0.1) is 24.8 Å². The molecule has 0 unspecified atom stereocenters. The Bertz CT molecular complexity index is 256. The summed E-state index contributed by atoms with van der Waals surface area (Å²) in [6.07, 6.45) is 0. The normalized spacial score (nSPS) is 9.85. The van der Waals surface area contributed by atoms with Crippen LogP contribution in [0.4, 0.5) is 0 Å². The van der Waals surface area contributed by atoms with Crippen LogP contribution in [0.25, 0.3) is 0 Å². The van der Waals surface area contributed by atoms with Gasteiger partial charge >= 0.3 is 0 Å². The molecule has 1 rings (SSSR count). The fraction of sp³-hybridized carbons (Fsp3) is 0.444. The van der Waals surface area contributed by atoms with E-state index in [1.807, 2.05) is 39.0 Å². The summed E-state index contributed by atoms with van der Waals surface area (Å²) in [6, 6.07) is 5.90. The molecule has 0 fully saturated rings. The number of pyridine rings is 1. The highest BCUT2D eigenvalue weighted by Crippen LogP contribution is 2.13. The standard InChI is InChI=1S/C9H14N2.2ClH/c1-7-5-4-6-8(11-7)9(2,3)10;;/h4-6H,10H2,1-3H3;2*1H. The predicted octanol–water partition coefficient (Wildman–Crippen LogP) is 2.43. The molecule has 13 heavy (non-hydrogen) atoms. The zero-order valence-electron chi connectivity index (χ0n) is 8.07. The minimum absolute atomic E-state index is 0. The van der Waals surface area contributed by atoms with Gasteiger partial charge in [0, 0.05) is 5.69 Å². The first kappa shape index (κ1) is 15.2. The Kier molecular flexibility index (Phi) is 6.33. The molecule has 0 saturated carbocycles. The average molecular weight is 223 g/mol. The molecule has 2 N–H and O–H groups in total. The van der Waals surface area contributed by atoms with Crippen LogP contribution in [0.5, 0.6) is 0 Å². The lowest BCUT2D eigenvalue weighted by molar-refractivity contribution is 0.533. The van der Waals surface area contributed by atoms with Gasteiger partial charge in [0.1, 0.15) is 0 Å². The van der Waals surface area contributed by atoms with Crippen LogP contribution in [0.15, 0.2) is 18.2 Å². The molecular formula is C9H16Cl2N2. The van der Waals surface area contributed by atoms with Gasteiger partial charge in [-0.2, -0.15) is 0 Å². The quantitative estimate of drug-likeness (QED) is 0.794. The van der Waals surface area contributed by atoms with Gasteiger partial charge in [0.15, 0.2) is 0 Å². The van der Waals surface area contributed by atoms with E-state index in [0.29, 0.717) is 0 Å². The highest BCUT2D eigenvalue weighted by atomic mass is 35.5. The number of hydrogen-bond donors (Lipinski definition) is 1. The zero-order chi connectivity index (χ0) is 8.48. The lowest BCUT2D eigenvalue weighted by atomic mass is 10.0. The molecule has 0 bridgehead atoms. The maximum atomic E-state index is 5.86.